The number of carbonyl (C=O) groups is 2. The molecule has 0 spiro atoms. The highest BCUT2D eigenvalue weighted by atomic mass is 16.5. The number of β-amino-alcohol motifs (C(OH)–C–C–N with tert-alkyl or cyclic N) is 1. The highest BCUT2D eigenvalue weighted by molar-refractivity contribution is 6.04. The van der Waals surface area contributed by atoms with Crippen molar-refractivity contribution >= 4 is 35.0 Å². The standard InChI is InChI=1S/C31H44N8O4/c1-4-25-30(42)37(3)26-18-33-31(35-28(26)39(25)20-7-5-6-8-20)34-24-10-9-23(22-11-16-43-27(22)24)29(41)32-17-21(40)19-38-14-12-36(2)13-15-38/h9-10,18,20-21,25,40H,4-8,11-17,19H2,1-3H3,(H,32,41)(H,33,34,35)/t21-,25?/m0/s1. The molecule has 3 aliphatic heterocycles. The number of anilines is 4. The van der Waals surface area contributed by atoms with Crippen LogP contribution in [0.1, 0.15) is 54.9 Å². The van der Waals surface area contributed by atoms with E-state index in [0.717, 1.165) is 68.9 Å². The van der Waals surface area contributed by atoms with Crippen LogP contribution in [0.5, 0.6) is 5.75 Å². The molecule has 0 radical (unpaired) electrons. The Balaban J connectivity index is 1.17. The van der Waals surface area contributed by atoms with Crippen LogP contribution in [0.4, 0.5) is 23.1 Å². The Bertz CT molecular complexity index is 1340. The predicted molar refractivity (Wildman–Crippen MR) is 165 cm³/mol. The second-order valence-corrected chi connectivity index (χ2v) is 12.2. The van der Waals surface area contributed by atoms with Gasteiger partial charge in [-0.15, -0.1) is 0 Å². The SMILES string of the molecule is CCC1C(=O)N(C)c2cnc(Nc3ccc(C(=O)NC[C@H](O)CN4CCN(C)CC4)c4c3OCC4)nc2N1C1CCCC1. The van der Waals surface area contributed by atoms with Crippen molar-refractivity contribution in [2.24, 2.45) is 0 Å². The van der Waals surface area contributed by atoms with Crippen LogP contribution in [0.3, 0.4) is 0 Å². The number of nitrogens with one attached hydrogen (secondary N) is 2. The number of hydrogen-bond acceptors (Lipinski definition) is 10. The van der Waals surface area contributed by atoms with Crippen LogP contribution in [0.25, 0.3) is 0 Å². The molecule has 1 aliphatic carbocycles. The van der Waals surface area contributed by atoms with Crippen molar-refractivity contribution < 1.29 is 19.4 Å². The second-order valence-electron chi connectivity index (χ2n) is 12.2. The minimum absolute atomic E-state index is 0.0816. The Kier molecular flexibility index (Phi) is 8.69. The number of amides is 2. The lowest BCUT2D eigenvalue weighted by Crippen LogP contribution is -2.55. The molecule has 12 nitrogen and oxygen atoms in total. The normalized spacial score (nSPS) is 21.9. The van der Waals surface area contributed by atoms with Crippen LogP contribution in [-0.2, 0) is 11.2 Å². The van der Waals surface area contributed by atoms with Crippen LogP contribution < -0.4 is 25.2 Å². The summed E-state index contributed by atoms with van der Waals surface area (Å²) in [6.07, 6.45) is 6.83. The lowest BCUT2D eigenvalue weighted by atomic mass is 10.0. The minimum atomic E-state index is -0.635. The number of likely N-dealkylation sites (N-methyl/N-ethyl adjacent to an activating group) is 2. The summed E-state index contributed by atoms with van der Waals surface area (Å²) >= 11 is 0. The smallest absolute Gasteiger partial charge is 0.251 e. The molecule has 1 aromatic carbocycles. The van der Waals surface area contributed by atoms with E-state index in [1.165, 1.54) is 0 Å². The lowest BCUT2D eigenvalue weighted by Gasteiger charge is -2.43. The molecule has 2 aromatic rings. The number of fused-ring (bicyclic) bond motifs is 2. The fourth-order valence-corrected chi connectivity index (χ4v) is 6.87. The summed E-state index contributed by atoms with van der Waals surface area (Å²) in [6.45, 7) is 7.07. The number of aliphatic hydroxyl groups excluding tert-OH is 1. The summed E-state index contributed by atoms with van der Waals surface area (Å²) in [6, 6.07) is 3.66. The molecule has 3 N–H and O–H groups in total. The van der Waals surface area contributed by atoms with Crippen LogP contribution in [0, 0.1) is 0 Å². The van der Waals surface area contributed by atoms with E-state index >= 15 is 0 Å². The summed E-state index contributed by atoms with van der Waals surface area (Å²) in [7, 11) is 3.90. The molecule has 2 atom stereocenters. The van der Waals surface area contributed by atoms with Crippen molar-refractivity contribution in [3.05, 3.63) is 29.5 Å². The van der Waals surface area contributed by atoms with Gasteiger partial charge in [-0.3, -0.25) is 14.5 Å². The number of rotatable bonds is 9. The van der Waals surface area contributed by atoms with E-state index in [-0.39, 0.29) is 30.4 Å². The molecular weight excluding hydrogens is 548 g/mol. The number of carbonyl (C=O) groups excluding carboxylic acids is 2. The van der Waals surface area contributed by atoms with Gasteiger partial charge in [-0.05, 0) is 38.4 Å². The lowest BCUT2D eigenvalue weighted by molar-refractivity contribution is -0.120. The molecule has 1 saturated heterocycles. The van der Waals surface area contributed by atoms with Crippen LogP contribution >= 0.6 is 0 Å². The number of nitrogens with zero attached hydrogens (tertiary/aromatic N) is 6. The number of ether oxygens (including phenoxy) is 1. The van der Waals surface area contributed by atoms with Crippen molar-refractivity contribution in [2.45, 2.75) is 63.6 Å². The van der Waals surface area contributed by atoms with E-state index in [1.807, 2.05) is 6.07 Å². The van der Waals surface area contributed by atoms with Gasteiger partial charge in [0.25, 0.3) is 5.91 Å². The molecule has 4 aliphatic rings. The summed E-state index contributed by atoms with van der Waals surface area (Å²) in [5.74, 6) is 1.68. The Labute approximate surface area is 253 Å². The van der Waals surface area contributed by atoms with Gasteiger partial charge in [0.15, 0.2) is 5.82 Å². The molecule has 4 heterocycles. The van der Waals surface area contributed by atoms with Crippen LogP contribution in [0.2, 0.25) is 0 Å². The first kappa shape index (κ1) is 29.6. The van der Waals surface area contributed by atoms with Gasteiger partial charge in [0, 0.05) is 69.9 Å². The molecule has 1 unspecified atom stereocenters. The summed E-state index contributed by atoms with van der Waals surface area (Å²) < 4.78 is 5.99. The zero-order chi connectivity index (χ0) is 30.1. The molecule has 0 bridgehead atoms. The number of piperazine rings is 1. The highest BCUT2D eigenvalue weighted by Gasteiger charge is 2.41. The summed E-state index contributed by atoms with van der Waals surface area (Å²) in [4.78, 5) is 44.3. The molecule has 6 rings (SSSR count). The quantitative estimate of drug-likeness (QED) is 0.398. The minimum Gasteiger partial charge on any atom is -0.491 e. The highest BCUT2D eigenvalue weighted by Crippen LogP contribution is 2.41. The Hall–Kier alpha value is -3.48. The van der Waals surface area contributed by atoms with Crippen molar-refractivity contribution in [3.63, 3.8) is 0 Å². The van der Waals surface area contributed by atoms with Crippen molar-refractivity contribution in [3.8, 4) is 5.75 Å². The Morgan fingerprint density at radius 1 is 1.16 bits per heavy atom. The molecule has 1 aromatic heterocycles. The van der Waals surface area contributed by atoms with Gasteiger partial charge in [-0.2, -0.15) is 4.98 Å². The van der Waals surface area contributed by atoms with Crippen molar-refractivity contribution in [1.82, 2.24) is 25.1 Å². The number of benzene rings is 1. The Morgan fingerprint density at radius 2 is 1.93 bits per heavy atom. The third kappa shape index (κ3) is 6.00. The van der Waals surface area contributed by atoms with Crippen LogP contribution in [0.15, 0.2) is 18.3 Å². The van der Waals surface area contributed by atoms with Crippen molar-refractivity contribution in [2.75, 3.05) is 75.1 Å². The fourth-order valence-electron chi connectivity index (χ4n) is 6.87. The number of aromatic nitrogens is 2. The van der Waals surface area contributed by atoms with E-state index < -0.39 is 6.10 Å². The monoisotopic (exact) mass is 592 g/mol. The van der Waals surface area contributed by atoms with E-state index in [1.54, 1.807) is 24.2 Å². The second kappa shape index (κ2) is 12.6. The Morgan fingerprint density at radius 3 is 2.67 bits per heavy atom. The molecule has 43 heavy (non-hydrogen) atoms. The maximum absolute atomic E-state index is 13.2. The van der Waals surface area contributed by atoms with Crippen LogP contribution in [-0.4, -0.2) is 115 Å². The third-order valence-corrected chi connectivity index (χ3v) is 9.33. The zero-order valence-corrected chi connectivity index (χ0v) is 25.5. The zero-order valence-electron chi connectivity index (χ0n) is 25.5. The fraction of sp³-hybridized carbons (Fsp3) is 0.613. The summed E-state index contributed by atoms with van der Waals surface area (Å²) in [5, 5.41) is 16.8. The first-order valence-corrected chi connectivity index (χ1v) is 15.7. The maximum atomic E-state index is 13.2. The molecule has 232 valence electrons. The first-order valence-electron chi connectivity index (χ1n) is 15.7. The topological polar surface area (TPSA) is 126 Å². The first-order chi connectivity index (χ1) is 20.8. The molecule has 2 amide bonds. The van der Waals surface area contributed by atoms with E-state index in [0.29, 0.717) is 48.9 Å². The maximum Gasteiger partial charge on any atom is 0.251 e. The largest absolute Gasteiger partial charge is 0.491 e. The van der Waals surface area contributed by atoms with E-state index in [2.05, 4.69) is 44.3 Å². The molecule has 2 fully saturated rings. The average Bonchev–Trinajstić information content (AvgIpc) is 3.72. The number of hydrogen-bond donors (Lipinski definition) is 3. The number of aliphatic hydroxyl groups is 1. The summed E-state index contributed by atoms with van der Waals surface area (Å²) in [5.41, 5.74) is 2.79. The van der Waals surface area contributed by atoms with Gasteiger partial charge in [0.1, 0.15) is 17.5 Å². The van der Waals surface area contributed by atoms with Crippen molar-refractivity contribution in [1.29, 1.82) is 0 Å². The van der Waals surface area contributed by atoms with Gasteiger partial charge >= 0.3 is 0 Å². The molecule has 1 saturated carbocycles. The van der Waals surface area contributed by atoms with Gasteiger partial charge in [-0.25, -0.2) is 4.98 Å². The molecule has 12 heteroatoms. The third-order valence-electron chi connectivity index (χ3n) is 9.33. The molecular formula is C31H44N8O4. The predicted octanol–water partition coefficient (Wildman–Crippen LogP) is 2.00. The van der Waals surface area contributed by atoms with Gasteiger partial charge < -0.3 is 35.2 Å². The van der Waals surface area contributed by atoms with E-state index in [9.17, 15) is 14.7 Å². The van der Waals surface area contributed by atoms with Gasteiger partial charge in [0.05, 0.1) is 24.6 Å². The van der Waals surface area contributed by atoms with E-state index in [4.69, 9.17) is 9.72 Å². The average molecular weight is 593 g/mol. The van der Waals surface area contributed by atoms with Gasteiger partial charge in [0.2, 0.25) is 11.9 Å². The van der Waals surface area contributed by atoms with Gasteiger partial charge in [-0.1, -0.05) is 19.8 Å².